The Bertz CT molecular complexity index is 263. The van der Waals surface area contributed by atoms with Gasteiger partial charge in [-0.3, -0.25) is 4.79 Å². The van der Waals surface area contributed by atoms with E-state index < -0.39 is 0 Å². The van der Waals surface area contributed by atoms with E-state index in [-0.39, 0.29) is 12.5 Å². The van der Waals surface area contributed by atoms with Crippen LogP contribution in [-0.2, 0) is 9.53 Å². The second-order valence-corrected chi connectivity index (χ2v) is 2.27. The van der Waals surface area contributed by atoms with Gasteiger partial charge in [-0.1, -0.05) is 0 Å². The van der Waals surface area contributed by atoms with Crippen molar-refractivity contribution in [2.24, 2.45) is 0 Å². The van der Waals surface area contributed by atoms with Crippen molar-refractivity contribution in [3.8, 4) is 0 Å². The van der Waals surface area contributed by atoms with Crippen molar-refractivity contribution in [2.45, 2.75) is 6.92 Å². The van der Waals surface area contributed by atoms with Crippen LogP contribution < -0.4 is 5.32 Å². The third-order valence-corrected chi connectivity index (χ3v) is 1.29. The lowest BCUT2D eigenvalue weighted by atomic mass is 10.5. The summed E-state index contributed by atoms with van der Waals surface area (Å²) in [6, 6.07) is 3.46. The molecule has 0 unspecified atom stereocenters. The molecule has 0 atom stereocenters. The van der Waals surface area contributed by atoms with Crippen molar-refractivity contribution in [1.29, 1.82) is 0 Å². The third kappa shape index (κ3) is 3.50. The number of aromatic nitrogens is 2. The molecule has 0 aliphatic carbocycles. The topological polar surface area (TPSA) is 64.1 Å². The molecular formula is C8H11N3O2. The summed E-state index contributed by atoms with van der Waals surface area (Å²) in [6.07, 6.45) is 1.57. The molecule has 1 N–H and O–H groups in total. The van der Waals surface area contributed by atoms with Gasteiger partial charge in [0.1, 0.15) is 12.4 Å². The molecule has 0 spiro atoms. The first kappa shape index (κ1) is 9.44. The zero-order valence-corrected chi connectivity index (χ0v) is 7.36. The van der Waals surface area contributed by atoms with Crippen molar-refractivity contribution in [3.63, 3.8) is 0 Å². The number of carbonyl (C=O) groups is 1. The van der Waals surface area contributed by atoms with Crippen LogP contribution >= 0.6 is 0 Å². The van der Waals surface area contributed by atoms with Gasteiger partial charge in [0.15, 0.2) is 0 Å². The fourth-order valence-electron chi connectivity index (χ4n) is 0.771. The normalized spacial score (nSPS) is 9.31. The lowest BCUT2D eigenvalue weighted by molar-refractivity contribution is -0.140. The minimum absolute atomic E-state index is 0.118. The van der Waals surface area contributed by atoms with Crippen molar-refractivity contribution >= 4 is 11.8 Å². The number of hydrogen-bond donors (Lipinski definition) is 1. The van der Waals surface area contributed by atoms with E-state index in [4.69, 9.17) is 4.74 Å². The number of anilines is 1. The van der Waals surface area contributed by atoms with Crippen LogP contribution in [0.25, 0.3) is 0 Å². The molecular weight excluding hydrogens is 170 g/mol. The van der Waals surface area contributed by atoms with Gasteiger partial charge in [0.25, 0.3) is 0 Å². The van der Waals surface area contributed by atoms with Crippen molar-refractivity contribution in [1.82, 2.24) is 10.2 Å². The Hall–Kier alpha value is -1.65. The van der Waals surface area contributed by atoms with Crippen LogP contribution in [0.4, 0.5) is 5.82 Å². The molecule has 1 aromatic heterocycles. The summed E-state index contributed by atoms with van der Waals surface area (Å²) in [5, 5.41) is 10.2. The highest BCUT2D eigenvalue weighted by Crippen LogP contribution is 1.96. The fraction of sp³-hybridized carbons (Fsp3) is 0.375. The quantitative estimate of drug-likeness (QED) is 0.683. The molecule has 0 radical (unpaired) electrons. The first-order valence-electron chi connectivity index (χ1n) is 4.00. The van der Waals surface area contributed by atoms with Gasteiger partial charge in [-0.05, 0) is 19.1 Å². The van der Waals surface area contributed by atoms with Crippen LogP contribution in [-0.4, -0.2) is 29.3 Å². The maximum absolute atomic E-state index is 10.9. The average molecular weight is 181 g/mol. The molecule has 0 aliphatic rings. The molecule has 5 heteroatoms. The van der Waals surface area contributed by atoms with E-state index in [0.29, 0.717) is 12.4 Å². The molecule has 0 aromatic carbocycles. The van der Waals surface area contributed by atoms with E-state index in [1.807, 2.05) is 0 Å². The van der Waals surface area contributed by atoms with Crippen molar-refractivity contribution in [3.05, 3.63) is 18.3 Å². The molecule has 13 heavy (non-hydrogen) atoms. The highest BCUT2D eigenvalue weighted by Gasteiger charge is 2.00. The Morgan fingerprint density at radius 1 is 1.69 bits per heavy atom. The minimum Gasteiger partial charge on any atom is -0.465 e. The first-order valence-corrected chi connectivity index (χ1v) is 4.00. The fourth-order valence-corrected chi connectivity index (χ4v) is 0.771. The Morgan fingerprint density at radius 3 is 3.15 bits per heavy atom. The molecule has 1 aromatic rings. The second kappa shape index (κ2) is 5.08. The second-order valence-electron chi connectivity index (χ2n) is 2.27. The maximum atomic E-state index is 10.9. The number of nitrogens with one attached hydrogen (secondary N) is 1. The molecule has 1 rings (SSSR count). The Kier molecular flexibility index (Phi) is 3.69. The van der Waals surface area contributed by atoms with E-state index >= 15 is 0 Å². The lowest BCUT2D eigenvalue weighted by Gasteiger charge is -2.03. The Labute approximate surface area is 76.1 Å². The van der Waals surface area contributed by atoms with E-state index in [1.54, 1.807) is 25.3 Å². The summed E-state index contributed by atoms with van der Waals surface area (Å²) in [6.45, 7) is 2.27. The standard InChI is InChI=1S/C8H11N3O2/c1-2-13-8(12)6-9-7-4-3-5-10-11-7/h3-5H,2,6H2,1H3,(H,9,11). The van der Waals surface area contributed by atoms with Gasteiger partial charge in [0, 0.05) is 6.20 Å². The number of ether oxygens (including phenoxy) is 1. The summed E-state index contributed by atoms with van der Waals surface area (Å²) < 4.78 is 4.71. The summed E-state index contributed by atoms with van der Waals surface area (Å²) in [5.41, 5.74) is 0. The number of carbonyl (C=O) groups excluding carboxylic acids is 1. The molecule has 0 fully saturated rings. The molecule has 5 nitrogen and oxygen atoms in total. The largest absolute Gasteiger partial charge is 0.465 e. The summed E-state index contributed by atoms with van der Waals surface area (Å²) >= 11 is 0. The van der Waals surface area contributed by atoms with E-state index in [0.717, 1.165) is 0 Å². The van der Waals surface area contributed by atoms with Crippen LogP contribution in [0.5, 0.6) is 0 Å². The lowest BCUT2D eigenvalue weighted by Crippen LogP contribution is -2.17. The Morgan fingerprint density at radius 2 is 2.54 bits per heavy atom. The van der Waals surface area contributed by atoms with Crippen LogP contribution in [0.15, 0.2) is 18.3 Å². The first-order chi connectivity index (χ1) is 6.33. The average Bonchev–Trinajstić information content (AvgIpc) is 2.17. The third-order valence-electron chi connectivity index (χ3n) is 1.29. The van der Waals surface area contributed by atoms with Gasteiger partial charge in [0.2, 0.25) is 0 Å². The van der Waals surface area contributed by atoms with Crippen LogP contribution in [0.2, 0.25) is 0 Å². The van der Waals surface area contributed by atoms with Gasteiger partial charge in [-0.2, -0.15) is 5.10 Å². The molecule has 0 bridgehead atoms. The van der Waals surface area contributed by atoms with Crippen LogP contribution in [0.3, 0.4) is 0 Å². The van der Waals surface area contributed by atoms with E-state index in [1.165, 1.54) is 0 Å². The number of hydrogen-bond acceptors (Lipinski definition) is 5. The minimum atomic E-state index is -0.298. The SMILES string of the molecule is CCOC(=O)CNc1cccnn1. The zero-order valence-electron chi connectivity index (χ0n) is 7.36. The van der Waals surface area contributed by atoms with Crippen LogP contribution in [0, 0.1) is 0 Å². The number of nitrogens with zero attached hydrogens (tertiary/aromatic N) is 2. The predicted octanol–water partition coefficient (Wildman–Crippen LogP) is 0.452. The smallest absolute Gasteiger partial charge is 0.325 e. The van der Waals surface area contributed by atoms with Gasteiger partial charge < -0.3 is 10.1 Å². The van der Waals surface area contributed by atoms with Gasteiger partial charge >= 0.3 is 5.97 Å². The summed E-state index contributed by atoms with van der Waals surface area (Å²) in [4.78, 5) is 10.9. The van der Waals surface area contributed by atoms with Crippen molar-refractivity contribution < 1.29 is 9.53 Å². The molecule has 70 valence electrons. The maximum Gasteiger partial charge on any atom is 0.325 e. The molecule has 0 aliphatic heterocycles. The zero-order chi connectivity index (χ0) is 9.52. The molecule has 0 saturated heterocycles. The van der Waals surface area contributed by atoms with Gasteiger partial charge in [-0.15, -0.1) is 5.10 Å². The monoisotopic (exact) mass is 181 g/mol. The summed E-state index contributed by atoms with van der Waals surface area (Å²) in [7, 11) is 0. The Balaban J connectivity index is 2.31. The number of rotatable bonds is 4. The summed E-state index contributed by atoms with van der Waals surface area (Å²) in [5.74, 6) is 0.267. The molecule has 0 amide bonds. The number of esters is 1. The molecule has 0 saturated carbocycles. The highest BCUT2D eigenvalue weighted by molar-refractivity contribution is 5.74. The predicted molar refractivity (Wildman–Crippen MR) is 47.2 cm³/mol. The van der Waals surface area contributed by atoms with Gasteiger partial charge in [0.05, 0.1) is 6.61 Å². The van der Waals surface area contributed by atoms with Crippen molar-refractivity contribution in [2.75, 3.05) is 18.5 Å². The van der Waals surface area contributed by atoms with Crippen LogP contribution in [0.1, 0.15) is 6.92 Å². The van der Waals surface area contributed by atoms with Gasteiger partial charge in [-0.25, -0.2) is 0 Å². The van der Waals surface area contributed by atoms with E-state index in [2.05, 4.69) is 15.5 Å². The molecule has 1 heterocycles. The highest BCUT2D eigenvalue weighted by atomic mass is 16.5. The van der Waals surface area contributed by atoms with E-state index in [9.17, 15) is 4.79 Å².